The zero-order valence-corrected chi connectivity index (χ0v) is 17.4. The van der Waals surface area contributed by atoms with E-state index in [-0.39, 0.29) is 21.5 Å². The maximum absolute atomic E-state index is 13.1. The van der Waals surface area contributed by atoms with E-state index in [1.165, 1.54) is 19.3 Å². The van der Waals surface area contributed by atoms with E-state index < -0.39 is 6.10 Å². The van der Waals surface area contributed by atoms with Gasteiger partial charge in [-0.3, -0.25) is 9.59 Å². The van der Waals surface area contributed by atoms with E-state index >= 15 is 0 Å². The fourth-order valence-corrected chi connectivity index (χ4v) is 7.31. The van der Waals surface area contributed by atoms with Crippen LogP contribution in [-0.4, -0.2) is 22.2 Å². The van der Waals surface area contributed by atoms with E-state index in [1.807, 2.05) is 32.0 Å². The second kappa shape index (κ2) is 6.19. The largest absolute Gasteiger partial charge is 0.454 e. The van der Waals surface area contributed by atoms with Crippen molar-refractivity contribution in [3.8, 4) is 0 Å². The lowest BCUT2D eigenvalue weighted by molar-refractivity contribution is -0.172. The van der Waals surface area contributed by atoms with Gasteiger partial charge in [-0.15, -0.1) is 0 Å². The van der Waals surface area contributed by atoms with Gasteiger partial charge in [0.25, 0.3) is 0 Å². The molecule has 2 unspecified atom stereocenters. The minimum absolute atomic E-state index is 0.109. The number of hydrogen-bond donors (Lipinski definition) is 0. The molecule has 1 aromatic carbocycles. The van der Waals surface area contributed by atoms with Crippen molar-refractivity contribution >= 4 is 27.7 Å². The molecule has 5 rings (SSSR count). The van der Waals surface area contributed by atoms with Crippen molar-refractivity contribution in [2.75, 3.05) is 0 Å². The molecule has 4 saturated carbocycles. The van der Waals surface area contributed by atoms with Crippen molar-refractivity contribution in [1.82, 2.24) is 0 Å². The van der Waals surface area contributed by atoms with Crippen molar-refractivity contribution < 1.29 is 14.3 Å². The third-order valence-electron chi connectivity index (χ3n) is 6.87. The summed E-state index contributed by atoms with van der Waals surface area (Å²) in [6.45, 7) is 5.73. The number of alkyl halides is 1. The molecule has 4 aliphatic carbocycles. The molecule has 0 amide bonds. The number of ether oxygens (including phenoxy) is 1. The van der Waals surface area contributed by atoms with E-state index in [1.54, 1.807) is 6.92 Å². The number of benzene rings is 1. The molecule has 4 fully saturated rings. The molecular weight excluding hydrogens is 392 g/mol. The van der Waals surface area contributed by atoms with Crippen LogP contribution in [0.5, 0.6) is 0 Å². The van der Waals surface area contributed by atoms with E-state index in [4.69, 9.17) is 4.74 Å². The number of esters is 1. The van der Waals surface area contributed by atoms with Crippen LogP contribution in [0.2, 0.25) is 0 Å². The molecule has 0 heterocycles. The summed E-state index contributed by atoms with van der Waals surface area (Å²) in [4.78, 5) is 25.9. The Morgan fingerprint density at radius 2 is 1.77 bits per heavy atom. The molecular formula is C22H27BrO3. The number of Topliss-reactive ketones (excluding diaryl/α,β-unsaturated/α-hetero) is 1. The number of rotatable bonds is 4. The van der Waals surface area contributed by atoms with Crippen LogP contribution in [0.15, 0.2) is 18.2 Å². The molecule has 0 spiro atoms. The molecule has 3 nitrogen and oxygen atoms in total. The molecule has 26 heavy (non-hydrogen) atoms. The number of ketones is 1. The number of hydrogen-bond acceptors (Lipinski definition) is 3. The van der Waals surface area contributed by atoms with Crippen LogP contribution in [-0.2, 0) is 9.53 Å². The van der Waals surface area contributed by atoms with Crippen LogP contribution in [0.1, 0.15) is 66.9 Å². The van der Waals surface area contributed by atoms with Crippen molar-refractivity contribution in [3.63, 3.8) is 0 Å². The summed E-state index contributed by atoms with van der Waals surface area (Å²) in [5.41, 5.74) is 2.47. The predicted octanol–water partition coefficient (Wildman–Crippen LogP) is 5.15. The molecule has 0 N–H and O–H groups in total. The first-order valence-corrected chi connectivity index (χ1v) is 10.5. The van der Waals surface area contributed by atoms with Crippen LogP contribution >= 0.6 is 15.9 Å². The summed E-state index contributed by atoms with van der Waals surface area (Å²) in [6, 6.07) is 5.66. The highest BCUT2D eigenvalue weighted by molar-refractivity contribution is 9.10. The van der Waals surface area contributed by atoms with Crippen LogP contribution < -0.4 is 0 Å². The number of carbonyl (C=O) groups excluding carboxylic acids is 2. The van der Waals surface area contributed by atoms with E-state index in [0.29, 0.717) is 17.4 Å². The van der Waals surface area contributed by atoms with Gasteiger partial charge < -0.3 is 4.74 Å². The Kier molecular flexibility index (Phi) is 4.33. The number of carbonyl (C=O) groups is 2. The summed E-state index contributed by atoms with van der Waals surface area (Å²) in [6.07, 6.45) is 5.59. The fourth-order valence-electron chi connectivity index (χ4n) is 5.86. The van der Waals surface area contributed by atoms with Crippen molar-refractivity contribution in [2.24, 2.45) is 17.3 Å². The third kappa shape index (κ3) is 3.04. The lowest BCUT2D eigenvalue weighted by Gasteiger charge is -2.58. The molecule has 4 bridgehead atoms. The highest BCUT2D eigenvalue weighted by Gasteiger charge is 2.60. The van der Waals surface area contributed by atoms with Crippen molar-refractivity contribution in [2.45, 2.75) is 69.7 Å². The Labute approximate surface area is 164 Å². The predicted molar refractivity (Wildman–Crippen MR) is 105 cm³/mol. The quantitative estimate of drug-likeness (QED) is 0.385. The first-order valence-electron chi connectivity index (χ1n) is 9.71. The van der Waals surface area contributed by atoms with Gasteiger partial charge in [0.05, 0.1) is 5.41 Å². The number of aryl methyl sites for hydroxylation is 2. The summed E-state index contributed by atoms with van der Waals surface area (Å²) in [7, 11) is 0. The maximum atomic E-state index is 13.1. The Bertz CT molecular complexity index is 755. The SMILES string of the molecule is Cc1ccc(C(=O)[C@@H](C)OC(=O)C23C[C@@H]4C[C@@H](CC(Br)(C4)C2)C3)cc1C. The van der Waals surface area contributed by atoms with Gasteiger partial charge >= 0.3 is 5.97 Å². The van der Waals surface area contributed by atoms with E-state index in [2.05, 4.69) is 15.9 Å². The molecule has 1 aromatic rings. The average Bonchev–Trinajstić information content (AvgIpc) is 2.54. The van der Waals surface area contributed by atoms with Crippen LogP contribution in [0.25, 0.3) is 0 Å². The summed E-state index contributed by atoms with van der Waals surface area (Å²) in [5.74, 6) is 0.975. The van der Waals surface area contributed by atoms with Crippen molar-refractivity contribution in [1.29, 1.82) is 0 Å². The van der Waals surface area contributed by atoms with Gasteiger partial charge in [-0.05, 0) is 88.3 Å². The highest BCUT2D eigenvalue weighted by atomic mass is 79.9. The zero-order chi connectivity index (χ0) is 18.7. The van der Waals surface area contributed by atoms with Gasteiger partial charge in [-0.2, -0.15) is 0 Å². The van der Waals surface area contributed by atoms with Crippen molar-refractivity contribution in [3.05, 3.63) is 34.9 Å². The molecule has 4 aliphatic rings. The molecule has 0 aliphatic heterocycles. The zero-order valence-electron chi connectivity index (χ0n) is 15.8. The number of halogens is 1. The summed E-state index contributed by atoms with van der Waals surface area (Å²) in [5, 5.41) is 0. The van der Waals surface area contributed by atoms with Gasteiger partial charge in [-0.1, -0.05) is 28.1 Å². The average molecular weight is 419 g/mol. The molecule has 0 aromatic heterocycles. The Balaban J connectivity index is 1.49. The standard InChI is InChI=1S/C22H27BrO3/c1-13-4-5-18(6-14(13)2)19(24)15(3)26-20(25)21-8-16-7-17(9-21)11-22(23,10-16)12-21/h4-6,15-17H,7-12H2,1-3H3/t15-,16-,17+,21?,22?/m1/s1. The highest BCUT2D eigenvalue weighted by Crippen LogP contribution is 2.64. The Morgan fingerprint density at radius 3 is 2.35 bits per heavy atom. The van der Waals surface area contributed by atoms with E-state index in [0.717, 1.165) is 30.4 Å². The molecule has 0 saturated heterocycles. The third-order valence-corrected chi connectivity index (χ3v) is 7.80. The fraction of sp³-hybridized carbons (Fsp3) is 0.636. The molecule has 0 radical (unpaired) electrons. The Morgan fingerprint density at radius 1 is 1.12 bits per heavy atom. The first kappa shape index (κ1) is 18.2. The van der Waals surface area contributed by atoms with Gasteiger partial charge in [-0.25, -0.2) is 0 Å². The second-order valence-corrected chi connectivity index (χ2v) is 10.8. The van der Waals surface area contributed by atoms with Gasteiger partial charge in [0, 0.05) is 9.89 Å². The summed E-state index contributed by atoms with van der Waals surface area (Å²) < 4.78 is 5.87. The summed E-state index contributed by atoms with van der Waals surface area (Å²) >= 11 is 3.93. The molecule has 140 valence electrons. The Hall–Kier alpha value is -1.16. The minimum Gasteiger partial charge on any atom is -0.454 e. The van der Waals surface area contributed by atoms with E-state index in [9.17, 15) is 9.59 Å². The topological polar surface area (TPSA) is 43.4 Å². The van der Waals surface area contributed by atoms with Gasteiger partial charge in [0.2, 0.25) is 5.78 Å². The smallest absolute Gasteiger partial charge is 0.312 e. The minimum atomic E-state index is -0.733. The van der Waals surface area contributed by atoms with Crippen LogP contribution in [0.4, 0.5) is 0 Å². The van der Waals surface area contributed by atoms with Gasteiger partial charge in [0.1, 0.15) is 0 Å². The lowest BCUT2D eigenvalue weighted by atomic mass is 9.49. The monoisotopic (exact) mass is 418 g/mol. The molecule has 4 heteroatoms. The first-order chi connectivity index (χ1) is 12.2. The molecule has 5 atom stereocenters. The van der Waals surface area contributed by atoms with Gasteiger partial charge in [0.15, 0.2) is 6.10 Å². The van der Waals surface area contributed by atoms with Crippen LogP contribution in [0.3, 0.4) is 0 Å². The maximum Gasteiger partial charge on any atom is 0.312 e. The normalized spacial score (nSPS) is 36.0. The second-order valence-electron chi connectivity index (χ2n) is 9.10. The lowest BCUT2D eigenvalue weighted by Crippen LogP contribution is -2.56. The van der Waals surface area contributed by atoms with Crippen LogP contribution in [0, 0.1) is 31.1 Å².